The minimum Gasteiger partial charge on any atom is -0.366 e. The largest absolute Gasteiger partial charge is 0.366 e. The molecule has 1 amide bonds. The van der Waals surface area contributed by atoms with Crippen molar-refractivity contribution in [3.8, 4) is 0 Å². The second kappa shape index (κ2) is 5.72. The molecule has 1 heterocycles. The first-order chi connectivity index (χ1) is 11.2. The Morgan fingerprint density at radius 2 is 2.00 bits per heavy atom. The van der Waals surface area contributed by atoms with Crippen LogP contribution in [0.15, 0.2) is 6.20 Å². The third kappa shape index (κ3) is 3.49. The number of anilines is 2. The van der Waals surface area contributed by atoms with Crippen LogP contribution in [-0.2, 0) is 4.79 Å². The number of hydrogen-bond donors (Lipinski definition) is 3. The van der Waals surface area contributed by atoms with E-state index in [1.54, 1.807) is 0 Å². The number of amides is 1. The van der Waals surface area contributed by atoms with Gasteiger partial charge in [0.25, 0.3) is 5.91 Å². The first-order valence-electron chi connectivity index (χ1n) is 8.43. The number of ketones is 1. The highest BCUT2D eigenvalue weighted by Gasteiger charge is 2.38. The van der Waals surface area contributed by atoms with Gasteiger partial charge in [-0.2, -0.15) is 4.98 Å². The van der Waals surface area contributed by atoms with Crippen molar-refractivity contribution in [3.05, 3.63) is 11.8 Å². The summed E-state index contributed by atoms with van der Waals surface area (Å²) in [4.78, 5) is 32.5. The summed E-state index contributed by atoms with van der Waals surface area (Å²) in [6.07, 6.45) is 5.67. The van der Waals surface area contributed by atoms with Gasteiger partial charge in [-0.25, -0.2) is 4.98 Å². The molecule has 0 radical (unpaired) electrons. The number of Topliss-reactive ketones (excluding diaryl/α,β-unsaturated/α-hetero) is 1. The van der Waals surface area contributed by atoms with E-state index < -0.39 is 5.91 Å². The van der Waals surface area contributed by atoms with Crippen LogP contribution in [0.1, 0.15) is 63.2 Å². The predicted octanol–water partition coefficient (Wildman–Crippen LogP) is 2.10. The monoisotopic (exact) mass is 331 g/mol. The van der Waals surface area contributed by atoms with Crippen LogP contribution in [0.3, 0.4) is 0 Å². The summed E-state index contributed by atoms with van der Waals surface area (Å²) in [5.41, 5.74) is 5.45. The van der Waals surface area contributed by atoms with E-state index in [0.29, 0.717) is 18.2 Å². The molecule has 3 rings (SSSR count). The molecule has 1 atom stereocenters. The van der Waals surface area contributed by atoms with Crippen molar-refractivity contribution >= 4 is 23.5 Å². The van der Waals surface area contributed by atoms with Crippen molar-refractivity contribution in [1.82, 2.24) is 9.97 Å². The molecule has 2 aliphatic carbocycles. The van der Waals surface area contributed by atoms with Gasteiger partial charge in [-0.05, 0) is 32.6 Å². The Morgan fingerprint density at radius 3 is 2.58 bits per heavy atom. The SMILES string of the molecule is CC1(Nc2ncc(C(N)=O)c(N[C@@H]3CCC(C)(C)C(=O)C3)n2)CC1. The lowest BCUT2D eigenvalue weighted by molar-refractivity contribution is -0.129. The molecule has 2 fully saturated rings. The standard InChI is InChI=1S/C17H25N5O2/c1-16(2)5-4-10(8-12(16)23)20-14-11(13(18)24)9-19-15(21-14)22-17(3)6-7-17/h9-10H,4-8H2,1-3H3,(H2,18,24)(H2,19,20,21,22)/t10-/m1/s1. The van der Waals surface area contributed by atoms with E-state index in [1.165, 1.54) is 6.20 Å². The van der Waals surface area contributed by atoms with Gasteiger partial charge >= 0.3 is 0 Å². The van der Waals surface area contributed by atoms with Crippen molar-refractivity contribution in [2.45, 2.75) is 64.5 Å². The molecular formula is C17H25N5O2. The highest BCUT2D eigenvalue weighted by atomic mass is 16.1. The summed E-state index contributed by atoms with van der Waals surface area (Å²) in [6.45, 7) is 6.06. The van der Waals surface area contributed by atoms with E-state index in [9.17, 15) is 9.59 Å². The molecule has 0 spiro atoms. The van der Waals surface area contributed by atoms with E-state index in [4.69, 9.17) is 5.73 Å². The van der Waals surface area contributed by atoms with Gasteiger partial charge in [-0.15, -0.1) is 0 Å². The number of nitrogens with zero attached hydrogens (tertiary/aromatic N) is 2. The number of rotatable bonds is 5. The van der Waals surface area contributed by atoms with Gasteiger partial charge < -0.3 is 16.4 Å². The van der Waals surface area contributed by atoms with Crippen molar-refractivity contribution in [2.24, 2.45) is 11.1 Å². The van der Waals surface area contributed by atoms with Gasteiger partial charge in [0.05, 0.1) is 5.56 Å². The maximum atomic E-state index is 12.2. The Bertz CT molecular complexity index is 682. The van der Waals surface area contributed by atoms with Crippen LogP contribution in [0, 0.1) is 5.41 Å². The van der Waals surface area contributed by atoms with Crippen LogP contribution in [-0.4, -0.2) is 33.2 Å². The Labute approximate surface area is 141 Å². The fraction of sp³-hybridized carbons (Fsp3) is 0.647. The van der Waals surface area contributed by atoms with Crippen molar-refractivity contribution in [2.75, 3.05) is 10.6 Å². The Morgan fingerprint density at radius 1 is 1.29 bits per heavy atom. The molecule has 130 valence electrons. The minimum atomic E-state index is -0.579. The Balaban J connectivity index is 1.78. The first-order valence-corrected chi connectivity index (χ1v) is 8.43. The number of primary amides is 1. The van der Waals surface area contributed by atoms with Crippen LogP contribution in [0.4, 0.5) is 11.8 Å². The molecule has 0 aromatic carbocycles. The van der Waals surface area contributed by atoms with E-state index >= 15 is 0 Å². The second-order valence-corrected chi connectivity index (χ2v) is 7.90. The Hall–Kier alpha value is -2.18. The van der Waals surface area contributed by atoms with E-state index in [0.717, 1.165) is 25.7 Å². The van der Waals surface area contributed by atoms with Crippen molar-refractivity contribution in [1.29, 1.82) is 0 Å². The molecule has 0 bridgehead atoms. The highest BCUT2D eigenvalue weighted by molar-refractivity contribution is 5.97. The molecule has 1 aromatic rings. The zero-order valence-corrected chi connectivity index (χ0v) is 14.5. The smallest absolute Gasteiger partial charge is 0.254 e. The van der Waals surface area contributed by atoms with E-state index in [1.807, 2.05) is 13.8 Å². The normalized spacial score (nSPS) is 24.3. The van der Waals surface area contributed by atoms with Crippen LogP contribution < -0.4 is 16.4 Å². The first kappa shape index (κ1) is 16.7. The molecule has 24 heavy (non-hydrogen) atoms. The summed E-state index contributed by atoms with van der Waals surface area (Å²) < 4.78 is 0. The molecule has 1 aromatic heterocycles. The average Bonchev–Trinajstić information content (AvgIpc) is 3.20. The van der Waals surface area contributed by atoms with Crippen LogP contribution >= 0.6 is 0 Å². The second-order valence-electron chi connectivity index (χ2n) is 7.90. The van der Waals surface area contributed by atoms with E-state index in [-0.39, 0.29) is 28.3 Å². The zero-order valence-electron chi connectivity index (χ0n) is 14.5. The lowest BCUT2D eigenvalue weighted by Crippen LogP contribution is -2.38. The van der Waals surface area contributed by atoms with Crippen LogP contribution in [0.5, 0.6) is 0 Å². The summed E-state index contributed by atoms with van der Waals surface area (Å²) in [6, 6.07) is -0.0390. The lowest BCUT2D eigenvalue weighted by atomic mass is 9.74. The molecule has 7 nitrogen and oxygen atoms in total. The van der Waals surface area contributed by atoms with Crippen LogP contribution in [0.2, 0.25) is 0 Å². The van der Waals surface area contributed by atoms with Gasteiger partial charge in [-0.1, -0.05) is 13.8 Å². The molecule has 0 aliphatic heterocycles. The molecule has 2 saturated carbocycles. The molecule has 2 aliphatic rings. The zero-order chi connectivity index (χ0) is 17.5. The summed E-state index contributed by atoms with van der Waals surface area (Å²) >= 11 is 0. The van der Waals surface area contributed by atoms with Gasteiger partial charge in [0.15, 0.2) is 0 Å². The summed E-state index contributed by atoms with van der Waals surface area (Å²) in [5.74, 6) is 0.528. The number of nitrogens with two attached hydrogens (primary N) is 1. The number of carbonyl (C=O) groups excluding carboxylic acids is 2. The van der Waals surface area contributed by atoms with Crippen molar-refractivity contribution < 1.29 is 9.59 Å². The molecule has 4 N–H and O–H groups in total. The van der Waals surface area contributed by atoms with Gasteiger partial charge in [-0.3, -0.25) is 9.59 Å². The molecule has 0 unspecified atom stereocenters. The maximum Gasteiger partial charge on any atom is 0.254 e. The number of nitrogens with one attached hydrogen (secondary N) is 2. The third-order valence-corrected chi connectivity index (χ3v) is 5.11. The lowest BCUT2D eigenvalue weighted by Gasteiger charge is -2.33. The average molecular weight is 331 g/mol. The van der Waals surface area contributed by atoms with Crippen molar-refractivity contribution in [3.63, 3.8) is 0 Å². The van der Waals surface area contributed by atoms with Gasteiger partial charge in [0, 0.05) is 29.6 Å². The van der Waals surface area contributed by atoms with E-state index in [2.05, 4.69) is 27.5 Å². The maximum absolute atomic E-state index is 12.2. The third-order valence-electron chi connectivity index (χ3n) is 5.11. The number of hydrogen-bond acceptors (Lipinski definition) is 6. The Kier molecular flexibility index (Phi) is 3.97. The van der Waals surface area contributed by atoms with Gasteiger partial charge in [0.2, 0.25) is 5.95 Å². The fourth-order valence-electron chi connectivity index (χ4n) is 2.91. The van der Waals surface area contributed by atoms with Crippen LogP contribution in [0.25, 0.3) is 0 Å². The quantitative estimate of drug-likeness (QED) is 0.762. The molecular weight excluding hydrogens is 306 g/mol. The number of aromatic nitrogens is 2. The minimum absolute atomic E-state index is 0.0380. The van der Waals surface area contributed by atoms with Gasteiger partial charge in [0.1, 0.15) is 11.6 Å². The fourth-order valence-corrected chi connectivity index (χ4v) is 2.91. The predicted molar refractivity (Wildman–Crippen MR) is 91.9 cm³/mol. The summed E-state index contributed by atoms with van der Waals surface area (Å²) in [7, 11) is 0. The topological polar surface area (TPSA) is 110 Å². The number of carbonyl (C=O) groups is 2. The molecule has 0 saturated heterocycles. The molecule has 7 heteroatoms. The summed E-state index contributed by atoms with van der Waals surface area (Å²) in [5, 5.41) is 6.51. The highest BCUT2D eigenvalue weighted by Crippen LogP contribution is 2.38.